The molecule has 1 N–H and O–H groups in total. The third-order valence-electron chi connectivity index (χ3n) is 2.82. The summed E-state index contributed by atoms with van der Waals surface area (Å²) in [7, 11) is 2.90. The van der Waals surface area contributed by atoms with Gasteiger partial charge in [0.05, 0.1) is 24.4 Å². The number of para-hydroxylation sites is 1. The molecule has 100 valence electrons. The number of ether oxygens (including phenoxy) is 2. The molecule has 0 saturated heterocycles. The van der Waals surface area contributed by atoms with Gasteiger partial charge in [-0.3, -0.25) is 0 Å². The highest BCUT2D eigenvalue weighted by Crippen LogP contribution is 2.27. The maximum Gasteiger partial charge on any atom is 0.333 e. The predicted octanol–water partition coefficient (Wildman–Crippen LogP) is 2.72. The first-order chi connectivity index (χ1) is 8.59. The number of hydrogen-bond donors (Lipinski definition) is 1. The highest BCUT2D eigenvalue weighted by Gasteiger charge is 2.38. The van der Waals surface area contributed by atoms with Gasteiger partial charge in [-0.1, -0.05) is 30.7 Å². The van der Waals surface area contributed by atoms with Crippen LogP contribution in [0, 0.1) is 0 Å². The van der Waals surface area contributed by atoms with Crippen molar-refractivity contribution in [1.29, 1.82) is 0 Å². The Morgan fingerprint density at radius 2 is 2.06 bits per heavy atom. The Hall–Kier alpha value is -1.26. The Morgan fingerprint density at radius 3 is 2.56 bits per heavy atom. The Bertz CT molecular complexity index is 411. The standard InChI is InChI=1S/C13H18ClNO3/c1-4-13(9-17-2,12(16)18-3)15-11-8-6-5-7-10(11)14/h5-8,15H,4,9H2,1-3H3. The number of methoxy groups -OCH3 is 2. The maximum absolute atomic E-state index is 12.0. The van der Waals surface area contributed by atoms with Gasteiger partial charge in [-0.15, -0.1) is 0 Å². The molecule has 1 unspecified atom stereocenters. The number of hydrogen-bond acceptors (Lipinski definition) is 4. The van der Waals surface area contributed by atoms with Crippen LogP contribution in [0.25, 0.3) is 0 Å². The summed E-state index contributed by atoms with van der Waals surface area (Å²) in [6, 6.07) is 7.24. The fraction of sp³-hybridized carbons (Fsp3) is 0.462. The number of carbonyl (C=O) groups excluding carboxylic acids is 1. The van der Waals surface area contributed by atoms with E-state index in [1.807, 2.05) is 25.1 Å². The molecule has 0 amide bonds. The topological polar surface area (TPSA) is 47.6 Å². The highest BCUT2D eigenvalue weighted by atomic mass is 35.5. The normalized spacial score (nSPS) is 13.8. The second-order valence-electron chi connectivity index (χ2n) is 3.97. The largest absolute Gasteiger partial charge is 0.467 e. The summed E-state index contributed by atoms with van der Waals surface area (Å²) in [4.78, 5) is 12.0. The summed E-state index contributed by atoms with van der Waals surface area (Å²) in [5, 5.41) is 3.68. The van der Waals surface area contributed by atoms with Crippen molar-refractivity contribution in [3.05, 3.63) is 29.3 Å². The van der Waals surface area contributed by atoms with Gasteiger partial charge in [0.2, 0.25) is 0 Å². The molecule has 0 saturated carbocycles. The first kappa shape index (κ1) is 14.8. The minimum absolute atomic E-state index is 0.210. The van der Waals surface area contributed by atoms with Crippen LogP contribution in [0.15, 0.2) is 24.3 Å². The van der Waals surface area contributed by atoms with Gasteiger partial charge in [0, 0.05) is 7.11 Å². The third-order valence-corrected chi connectivity index (χ3v) is 3.15. The molecule has 0 bridgehead atoms. The number of rotatable bonds is 6. The molecule has 0 radical (unpaired) electrons. The molecule has 0 aromatic heterocycles. The second-order valence-corrected chi connectivity index (χ2v) is 4.37. The van der Waals surface area contributed by atoms with Gasteiger partial charge in [0.1, 0.15) is 0 Å². The summed E-state index contributed by atoms with van der Waals surface area (Å²) in [5.74, 6) is -0.369. The summed E-state index contributed by atoms with van der Waals surface area (Å²) in [6.07, 6.45) is 0.527. The van der Waals surface area contributed by atoms with E-state index in [9.17, 15) is 4.79 Å². The molecular formula is C13H18ClNO3. The van der Waals surface area contributed by atoms with Crippen LogP contribution in [0.1, 0.15) is 13.3 Å². The van der Waals surface area contributed by atoms with E-state index in [0.29, 0.717) is 17.1 Å². The molecule has 1 aromatic rings. The smallest absolute Gasteiger partial charge is 0.333 e. The van der Waals surface area contributed by atoms with Crippen LogP contribution in [0.4, 0.5) is 5.69 Å². The summed E-state index contributed by atoms with van der Waals surface area (Å²) < 4.78 is 9.97. The van der Waals surface area contributed by atoms with E-state index in [1.54, 1.807) is 13.2 Å². The Kier molecular flexibility index (Phi) is 5.44. The third kappa shape index (κ3) is 3.15. The van der Waals surface area contributed by atoms with E-state index >= 15 is 0 Å². The van der Waals surface area contributed by atoms with Crippen molar-refractivity contribution >= 4 is 23.3 Å². The van der Waals surface area contributed by atoms with Crippen LogP contribution in [0.5, 0.6) is 0 Å². The number of halogens is 1. The van der Waals surface area contributed by atoms with Gasteiger partial charge in [0.15, 0.2) is 5.54 Å². The van der Waals surface area contributed by atoms with Crippen LogP contribution in [0.2, 0.25) is 5.02 Å². The van der Waals surface area contributed by atoms with Gasteiger partial charge in [0.25, 0.3) is 0 Å². The molecule has 0 fully saturated rings. The van der Waals surface area contributed by atoms with Gasteiger partial charge < -0.3 is 14.8 Å². The lowest BCUT2D eigenvalue weighted by molar-refractivity contribution is -0.148. The van der Waals surface area contributed by atoms with Crippen LogP contribution < -0.4 is 5.32 Å². The van der Waals surface area contributed by atoms with Crippen LogP contribution in [-0.2, 0) is 14.3 Å². The van der Waals surface area contributed by atoms with Crippen LogP contribution in [-0.4, -0.2) is 32.3 Å². The first-order valence-electron chi connectivity index (χ1n) is 5.69. The lowest BCUT2D eigenvalue weighted by Crippen LogP contribution is -2.50. The van der Waals surface area contributed by atoms with Gasteiger partial charge in [-0.25, -0.2) is 4.79 Å². The SMILES string of the molecule is CCC(COC)(Nc1ccccc1Cl)C(=O)OC. The second kappa shape index (κ2) is 6.61. The molecule has 0 aliphatic heterocycles. The van der Waals surface area contributed by atoms with E-state index in [4.69, 9.17) is 21.1 Å². The average Bonchev–Trinajstić information content (AvgIpc) is 2.39. The fourth-order valence-electron chi connectivity index (χ4n) is 1.74. The predicted molar refractivity (Wildman–Crippen MR) is 72.0 cm³/mol. The minimum atomic E-state index is -0.922. The Labute approximate surface area is 112 Å². The van der Waals surface area contributed by atoms with Gasteiger partial charge in [-0.05, 0) is 18.6 Å². The number of nitrogens with one attached hydrogen (secondary N) is 1. The molecule has 0 aliphatic carbocycles. The van der Waals surface area contributed by atoms with Crippen molar-refractivity contribution in [1.82, 2.24) is 0 Å². The number of anilines is 1. The van der Waals surface area contributed by atoms with Crippen molar-refractivity contribution in [2.75, 3.05) is 26.1 Å². The first-order valence-corrected chi connectivity index (χ1v) is 6.07. The Balaban J connectivity index is 3.04. The van der Waals surface area contributed by atoms with Crippen LogP contribution in [0.3, 0.4) is 0 Å². The zero-order valence-corrected chi connectivity index (χ0v) is 11.6. The van der Waals surface area contributed by atoms with Crippen molar-refractivity contribution < 1.29 is 14.3 Å². The zero-order valence-electron chi connectivity index (χ0n) is 10.8. The summed E-state index contributed by atoms with van der Waals surface area (Å²) in [6.45, 7) is 2.10. The van der Waals surface area contributed by atoms with Gasteiger partial charge >= 0.3 is 5.97 Å². The lowest BCUT2D eigenvalue weighted by atomic mass is 9.96. The monoisotopic (exact) mass is 271 g/mol. The molecule has 0 spiro atoms. The molecule has 4 nitrogen and oxygen atoms in total. The van der Waals surface area contributed by atoms with Crippen molar-refractivity contribution in [2.24, 2.45) is 0 Å². The maximum atomic E-state index is 12.0. The minimum Gasteiger partial charge on any atom is -0.467 e. The van der Waals surface area contributed by atoms with E-state index in [1.165, 1.54) is 7.11 Å². The van der Waals surface area contributed by atoms with Gasteiger partial charge in [-0.2, -0.15) is 0 Å². The number of benzene rings is 1. The molecule has 0 aliphatic rings. The molecule has 1 rings (SSSR count). The van der Waals surface area contributed by atoms with E-state index in [-0.39, 0.29) is 12.6 Å². The molecule has 1 aromatic carbocycles. The average molecular weight is 272 g/mol. The van der Waals surface area contributed by atoms with E-state index in [0.717, 1.165) is 0 Å². The summed E-state index contributed by atoms with van der Waals surface area (Å²) in [5.41, 5.74) is -0.238. The zero-order chi connectivity index (χ0) is 13.6. The lowest BCUT2D eigenvalue weighted by Gasteiger charge is -2.31. The molecule has 18 heavy (non-hydrogen) atoms. The molecule has 5 heteroatoms. The fourth-order valence-corrected chi connectivity index (χ4v) is 1.93. The summed E-state index contributed by atoms with van der Waals surface area (Å²) >= 11 is 6.08. The van der Waals surface area contributed by atoms with E-state index in [2.05, 4.69) is 5.32 Å². The highest BCUT2D eigenvalue weighted by molar-refractivity contribution is 6.33. The number of carbonyl (C=O) groups is 1. The Morgan fingerprint density at radius 1 is 1.39 bits per heavy atom. The van der Waals surface area contributed by atoms with Crippen molar-refractivity contribution in [2.45, 2.75) is 18.9 Å². The number of esters is 1. The van der Waals surface area contributed by atoms with Crippen molar-refractivity contribution in [3.8, 4) is 0 Å². The molecular weight excluding hydrogens is 254 g/mol. The molecule has 0 heterocycles. The van der Waals surface area contributed by atoms with Crippen LogP contribution >= 0.6 is 11.6 Å². The van der Waals surface area contributed by atoms with Crippen molar-refractivity contribution in [3.63, 3.8) is 0 Å². The molecule has 1 atom stereocenters. The van der Waals surface area contributed by atoms with E-state index < -0.39 is 5.54 Å². The quantitative estimate of drug-likeness (QED) is 0.808.